The second-order valence-corrected chi connectivity index (χ2v) is 8.89. The van der Waals surface area contributed by atoms with Crippen LogP contribution in [-0.4, -0.2) is 34.8 Å². The number of hydrogen-bond acceptors (Lipinski definition) is 4. The third kappa shape index (κ3) is 4.55. The lowest BCUT2D eigenvalue weighted by atomic mass is 10.1. The molecule has 0 saturated heterocycles. The number of amides is 2. The summed E-state index contributed by atoms with van der Waals surface area (Å²) in [5.41, 5.74) is 3.75. The molecule has 1 N–H and O–H groups in total. The van der Waals surface area contributed by atoms with Gasteiger partial charge >= 0.3 is 0 Å². The van der Waals surface area contributed by atoms with Crippen molar-refractivity contribution in [1.82, 2.24) is 15.2 Å². The minimum Gasteiger partial charge on any atom is -0.348 e. The maximum atomic E-state index is 13.1. The van der Waals surface area contributed by atoms with E-state index in [9.17, 15) is 9.59 Å². The number of fused-ring (bicyclic) bond motifs is 1. The highest BCUT2D eigenvalue weighted by Crippen LogP contribution is 2.28. The number of carbonyl (C=O) groups is 2. The third-order valence-corrected chi connectivity index (χ3v) is 6.38. The molecule has 2 amide bonds. The fourth-order valence-corrected chi connectivity index (χ4v) is 4.08. The zero-order valence-corrected chi connectivity index (χ0v) is 19.1. The molecule has 0 atom stereocenters. The number of hydrogen-bond donors (Lipinski definition) is 1. The van der Waals surface area contributed by atoms with Crippen molar-refractivity contribution in [2.45, 2.75) is 26.4 Å². The maximum absolute atomic E-state index is 13.1. The van der Waals surface area contributed by atoms with Gasteiger partial charge in [-0.05, 0) is 55.1 Å². The average molecular weight is 444 g/mol. The number of thiophene rings is 1. The Morgan fingerprint density at radius 3 is 2.47 bits per heavy atom. The zero-order chi connectivity index (χ0) is 22.7. The Morgan fingerprint density at radius 1 is 1.03 bits per heavy atom. The van der Waals surface area contributed by atoms with Crippen LogP contribution in [-0.2, 0) is 6.54 Å². The highest BCUT2D eigenvalue weighted by molar-refractivity contribution is 7.13. The molecule has 4 aromatic rings. The first-order chi connectivity index (χ1) is 15.4. The van der Waals surface area contributed by atoms with E-state index >= 15 is 0 Å². The lowest BCUT2D eigenvalue weighted by molar-refractivity contribution is 0.0754. The molecule has 162 valence electrons. The second-order valence-electron chi connectivity index (χ2n) is 7.94. The lowest BCUT2D eigenvalue weighted by Gasteiger charge is -2.21. The van der Waals surface area contributed by atoms with Crippen LogP contribution in [0.1, 0.15) is 40.1 Å². The normalized spacial score (nSPS) is 11.0. The van der Waals surface area contributed by atoms with E-state index in [0.717, 1.165) is 27.0 Å². The van der Waals surface area contributed by atoms with Crippen molar-refractivity contribution in [3.63, 3.8) is 0 Å². The predicted molar refractivity (Wildman–Crippen MR) is 130 cm³/mol. The summed E-state index contributed by atoms with van der Waals surface area (Å²) >= 11 is 1.60. The number of nitrogens with one attached hydrogen (secondary N) is 1. The van der Waals surface area contributed by atoms with Crippen LogP contribution in [0.5, 0.6) is 0 Å². The van der Waals surface area contributed by atoms with Gasteiger partial charge < -0.3 is 10.2 Å². The summed E-state index contributed by atoms with van der Waals surface area (Å²) in [5.74, 6) is -0.166. The first-order valence-electron chi connectivity index (χ1n) is 10.5. The molecule has 4 rings (SSSR count). The van der Waals surface area contributed by atoms with Gasteiger partial charge in [0.05, 0.1) is 21.7 Å². The van der Waals surface area contributed by atoms with Gasteiger partial charge in [-0.2, -0.15) is 0 Å². The van der Waals surface area contributed by atoms with Crippen molar-refractivity contribution >= 4 is 34.1 Å². The molecule has 0 aliphatic heterocycles. The van der Waals surface area contributed by atoms with Crippen molar-refractivity contribution < 1.29 is 9.59 Å². The standard InChI is InChI=1S/C26H25N3O2S/c1-17(2)29(3)26(31)19-12-10-18(11-13-19)16-27-25(30)21-15-23(24-9-6-14-32-24)28-22-8-5-4-7-20(21)22/h4-15,17H,16H2,1-3H3,(H,27,30). The SMILES string of the molecule is CC(C)N(C)C(=O)c1ccc(CNC(=O)c2cc(-c3cccs3)nc3ccccc23)cc1. The van der Waals surface area contributed by atoms with E-state index in [-0.39, 0.29) is 17.9 Å². The Hall–Kier alpha value is -3.51. The number of aromatic nitrogens is 1. The Labute approximate surface area is 191 Å². The highest BCUT2D eigenvalue weighted by atomic mass is 32.1. The highest BCUT2D eigenvalue weighted by Gasteiger charge is 2.16. The van der Waals surface area contributed by atoms with Gasteiger partial charge in [-0.15, -0.1) is 11.3 Å². The first kappa shape index (κ1) is 21.7. The number of rotatable bonds is 6. The molecule has 2 aromatic carbocycles. The Bertz CT molecular complexity index is 1250. The van der Waals surface area contributed by atoms with Gasteiger partial charge in [-0.25, -0.2) is 4.98 Å². The van der Waals surface area contributed by atoms with Crippen LogP contribution in [0.15, 0.2) is 72.1 Å². The topological polar surface area (TPSA) is 62.3 Å². The van der Waals surface area contributed by atoms with E-state index in [1.165, 1.54) is 0 Å². The van der Waals surface area contributed by atoms with E-state index < -0.39 is 0 Å². The fourth-order valence-electron chi connectivity index (χ4n) is 3.39. The van der Waals surface area contributed by atoms with Crippen LogP contribution in [0.2, 0.25) is 0 Å². The predicted octanol–water partition coefficient (Wildman–Crippen LogP) is 5.37. The van der Waals surface area contributed by atoms with E-state index in [4.69, 9.17) is 4.98 Å². The van der Waals surface area contributed by atoms with Crippen LogP contribution in [0, 0.1) is 0 Å². The molecule has 0 unspecified atom stereocenters. The van der Waals surface area contributed by atoms with E-state index in [1.54, 1.807) is 35.4 Å². The van der Waals surface area contributed by atoms with Crippen LogP contribution in [0.25, 0.3) is 21.5 Å². The monoisotopic (exact) mass is 443 g/mol. The second kappa shape index (κ2) is 9.32. The third-order valence-electron chi connectivity index (χ3n) is 5.48. The quantitative estimate of drug-likeness (QED) is 0.436. The molecule has 0 radical (unpaired) electrons. The summed E-state index contributed by atoms with van der Waals surface area (Å²) in [6.45, 7) is 4.33. The molecule has 0 fully saturated rings. The Balaban J connectivity index is 1.53. The summed E-state index contributed by atoms with van der Waals surface area (Å²) in [4.78, 5) is 33.0. The number of benzene rings is 2. The molecule has 2 heterocycles. The van der Waals surface area contributed by atoms with Crippen molar-refractivity contribution in [3.05, 3.63) is 88.8 Å². The molecule has 0 saturated carbocycles. The number of pyridine rings is 1. The summed E-state index contributed by atoms with van der Waals surface area (Å²) in [6, 6.07) is 21.0. The van der Waals surface area contributed by atoms with Gasteiger partial charge in [-0.3, -0.25) is 9.59 Å². The molecule has 2 aromatic heterocycles. The first-order valence-corrected chi connectivity index (χ1v) is 11.4. The van der Waals surface area contributed by atoms with Crippen LogP contribution < -0.4 is 5.32 Å². The van der Waals surface area contributed by atoms with Gasteiger partial charge in [0, 0.05) is 30.6 Å². The largest absolute Gasteiger partial charge is 0.348 e. The van der Waals surface area contributed by atoms with Gasteiger partial charge in [-0.1, -0.05) is 36.4 Å². The van der Waals surface area contributed by atoms with Crippen molar-refractivity contribution in [1.29, 1.82) is 0 Å². The average Bonchev–Trinajstić information content (AvgIpc) is 3.36. The molecule has 5 nitrogen and oxygen atoms in total. The number of nitrogens with zero attached hydrogens (tertiary/aromatic N) is 2. The smallest absolute Gasteiger partial charge is 0.253 e. The molecule has 0 aliphatic carbocycles. The van der Waals surface area contributed by atoms with Gasteiger partial charge in [0.25, 0.3) is 11.8 Å². The fraction of sp³-hybridized carbons (Fsp3) is 0.192. The summed E-state index contributed by atoms with van der Waals surface area (Å²) in [7, 11) is 1.80. The van der Waals surface area contributed by atoms with E-state index in [0.29, 0.717) is 17.7 Å². The van der Waals surface area contributed by atoms with E-state index in [2.05, 4.69) is 5.32 Å². The Morgan fingerprint density at radius 2 is 1.78 bits per heavy atom. The molecule has 0 spiro atoms. The van der Waals surface area contributed by atoms with Crippen molar-refractivity contribution in [3.8, 4) is 10.6 Å². The Kier molecular flexibility index (Phi) is 6.32. The maximum Gasteiger partial charge on any atom is 0.253 e. The lowest BCUT2D eigenvalue weighted by Crippen LogP contribution is -2.32. The number of para-hydroxylation sites is 1. The van der Waals surface area contributed by atoms with Crippen LogP contribution >= 0.6 is 11.3 Å². The zero-order valence-electron chi connectivity index (χ0n) is 18.3. The number of carbonyl (C=O) groups excluding carboxylic acids is 2. The molecular weight excluding hydrogens is 418 g/mol. The van der Waals surface area contributed by atoms with Crippen LogP contribution in [0.4, 0.5) is 0 Å². The van der Waals surface area contributed by atoms with Gasteiger partial charge in [0.15, 0.2) is 0 Å². The van der Waals surface area contributed by atoms with Crippen molar-refractivity contribution in [2.75, 3.05) is 7.05 Å². The van der Waals surface area contributed by atoms with E-state index in [1.807, 2.05) is 73.8 Å². The summed E-state index contributed by atoms with van der Waals surface area (Å²) in [5, 5.41) is 5.83. The van der Waals surface area contributed by atoms with Crippen LogP contribution in [0.3, 0.4) is 0 Å². The molecule has 0 bridgehead atoms. The minimum atomic E-state index is -0.152. The molecular formula is C26H25N3O2S. The summed E-state index contributed by atoms with van der Waals surface area (Å²) in [6.07, 6.45) is 0. The molecule has 0 aliphatic rings. The minimum absolute atomic E-state index is 0.0139. The van der Waals surface area contributed by atoms with Gasteiger partial charge in [0.2, 0.25) is 0 Å². The summed E-state index contributed by atoms with van der Waals surface area (Å²) < 4.78 is 0. The molecule has 32 heavy (non-hydrogen) atoms. The van der Waals surface area contributed by atoms with Crippen molar-refractivity contribution in [2.24, 2.45) is 0 Å². The van der Waals surface area contributed by atoms with Gasteiger partial charge in [0.1, 0.15) is 0 Å². The molecule has 6 heteroatoms.